The highest BCUT2D eigenvalue weighted by Crippen LogP contribution is 2.37. The Bertz CT molecular complexity index is 951. The van der Waals surface area contributed by atoms with Crippen LogP contribution in [-0.2, 0) is 9.59 Å². The highest BCUT2D eigenvalue weighted by Gasteiger charge is 2.49. The molecule has 2 aliphatic rings. The average molecular weight is 432 g/mol. The van der Waals surface area contributed by atoms with E-state index in [1.807, 2.05) is 35.2 Å². The smallest absolute Gasteiger partial charge is 0.381 e. The van der Waals surface area contributed by atoms with Crippen molar-refractivity contribution in [3.05, 3.63) is 54.6 Å². The van der Waals surface area contributed by atoms with Gasteiger partial charge in [-0.2, -0.15) is 13.2 Å². The van der Waals surface area contributed by atoms with Gasteiger partial charge in [-0.15, -0.1) is 0 Å². The molecule has 0 bridgehead atoms. The molecule has 1 fully saturated rings. The van der Waals surface area contributed by atoms with Crippen LogP contribution in [0, 0.1) is 0 Å². The van der Waals surface area contributed by atoms with Gasteiger partial charge in [0, 0.05) is 24.8 Å². The molecule has 2 aromatic carbocycles. The van der Waals surface area contributed by atoms with E-state index >= 15 is 0 Å². The molecule has 0 aliphatic carbocycles. The van der Waals surface area contributed by atoms with E-state index in [-0.39, 0.29) is 24.0 Å². The van der Waals surface area contributed by atoms with Crippen molar-refractivity contribution in [3.8, 4) is 0 Å². The maximum absolute atomic E-state index is 13.8. The summed E-state index contributed by atoms with van der Waals surface area (Å²) in [7, 11) is 0. The van der Waals surface area contributed by atoms with Crippen molar-refractivity contribution in [2.75, 3.05) is 35.2 Å². The van der Waals surface area contributed by atoms with E-state index in [2.05, 4.69) is 10.6 Å². The standard InChI is InChI=1S/C22H23F3N4O2/c23-22(24,25)19-12-20(30)27-17-8-4-5-9-18(17)29(19)21(31)14-28-11-10-16(13-28)26-15-6-2-1-3-7-15/h1-9,16,19,26H,10-14H2,(H,27,30). The number of benzene rings is 2. The van der Waals surface area contributed by atoms with Gasteiger partial charge in [0.1, 0.15) is 6.04 Å². The predicted octanol–water partition coefficient (Wildman–Crippen LogP) is 3.48. The molecule has 0 saturated carbocycles. The van der Waals surface area contributed by atoms with E-state index in [0.29, 0.717) is 13.1 Å². The van der Waals surface area contributed by atoms with Crippen LogP contribution in [0.1, 0.15) is 12.8 Å². The summed E-state index contributed by atoms with van der Waals surface area (Å²) in [5.41, 5.74) is 1.24. The van der Waals surface area contributed by atoms with E-state index < -0.39 is 30.5 Å². The number of fused-ring (bicyclic) bond motifs is 1. The summed E-state index contributed by atoms with van der Waals surface area (Å²) >= 11 is 0. The van der Waals surface area contributed by atoms with Gasteiger partial charge < -0.3 is 10.6 Å². The Hall–Kier alpha value is -3.07. The normalized spacial score (nSPS) is 21.9. The number of hydrogen-bond acceptors (Lipinski definition) is 4. The molecule has 2 aromatic rings. The maximum Gasteiger partial charge on any atom is 0.409 e. The summed E-state index contributed by atoms with van der Waals surface area (Å²) < 4.78 is 41.5. The zero-order valence-electron chi connectivity index (χ0n) is 16.7. The number of para-hydroxylation sites is 3. The van der Waals surface area contributed by atoms with Crippen molar-refractivity contribution in [2.45, 2.75) is 31.1 Å². The van der Waals surface area contributed by atoms with E-state index in [9.17, 15) is 22.8 Å². The molecular formula is C22H23F3N4O2. The second kappa shape index (κ2) is 8.58. The molecule has 31 heavy (non-hydrogen) atoms. The number of anilines is 3. The van der Waals surface area contributed by atoms with Crippen LogP contribution >= 0.6 is 0 Å². The molecule has 1 saturated heterocycles. The highest BCUT2D eigenvalue weighted by atomic mass is 19.4. The minimum Gasteiger partial charge on any atom is -0.381 e. The zero-order valence-corrected chi connectivity index (χ0v) is 16.7. The van der Waals surface area contributed by atoms with Gasteiger partial charge in [0.15, 0.2) is 0 Å². The lowest BCUT2D eigenvalue weighted by atomic mass is 10.1. The molecule has 0 aromatic heterocycles. The van der Waals surface area contributed by atoms with Crippen molar-refractivity contribution in [1.29, 1.82) is 0 Å². The third kappa shape index (κ3) is 4.82. The van der Waals surface area contributed by atoms with Gasteiger partial charge >= 0.3 is 6.18 Å². The largest absolute Gasteiger partial charge is 0.409 e. The number of nitrogens with zero attached hydrogens (tertiary/aromatic N) is 2. The fourth-order valence-electron chi connectivity index (χ4n) is 4.13. The van der Waals surface area contributed by atoms with Gasteiger partial charge in [-0.25, -0.2) is 0 Å². The first-order valence-electron chi connectivity index (χ1n) is 10.1. The molecule has 164 valence electrons. The molecule has 9 heteroatoms. The van der Waals surface area contributed by atoms with Gasteiger partial charge in [0.05, 0.1) is 24.3 Å². The molecule has 4 rings (SSSR count). The van der Waals surface area contributed by atoms with E-state index in [4.69, 9.17) is 0 Å². The molecule has 0 spiro atoms. The van der Waals surface area contributed by atoms with Crippen LogP contribution in [0.25, 0.3) is 0 Å². The van der Waals surface area contributed by atoms with E-state index in [1.165, 1.54) is 12.1 Å². The molecule has 2 atom stereocenters. The Balaban J connectivity index is 1.51. The quantitative estimate of drug-likeness (QED) is 0.777. The highest BCUT2D eigenvalue weighted by molar-refractivity contribution is 6.05. The van der Waals surface area contributed by atoms with Gasteiger partial charge in [-0.3, -0.25) is 19.4 Å². The fourth-order valence-corrected chi connectivity index (χ4v) is 4.13. The fraction of sp³-hybridized carbons (Fsp3) is 0.364. The Morgan fingerprint density at radius 2 is 1.81 bits per heavy atom. The van der Waals surface area contributed by atoms with E-state index in [1.54, 1.807) is 12.1 Å². The van der Waals surface area contributed by atoms with Crippen molar-refractivity contribution in [2.24, 2.45) is 0 Å². The van der Waals surface area contributed by atoms with Gasteiger partial charge in [-0.05, 0) is 30.7 Å². The lowest BCUT2D eigenvalue weighted by molar-refractivity contribution is -0.158. The number of carbonyl (C=O) groups is 2. The number of nitrogens with one attached hydrogen (secondary N) is 2. The van der Waals surface area contributed by atoms with Crippen molar-refractivity contribution in [1.82, 2.24) is 4.90 Å². The van der Waals surface area contributed by atoms with Crippen LogP contribution < -0.4 is 15.5 Å². The number of rotatable bonds is 4. The number of hydrogen-bond donors (Lipinski definition) is 2. The SMILES string of the molecule is O=C1CC(C(F)(F)F)N(C(=O)CN2CCC(Nc3ccccc3)C2)c2ccccc2N1. The van der Waals surface area contributed by atoms with Crippen molar-refractivity contribution < 1.29 is 22.8 Å². The average Bonchev–Trinajstić information content (AvgIpc) is 3.08. The second-order valence-electron chi connectivity index (χ2n) is 7.82. The van der Waals surface area contributed by atoms with Gasteiger partial charge in [-0.1, -0.05) is 30.3 Å². The van der Waals surface area contributed by atoms with Gasteiger partial charge in [0.2, 0.25) is 11.8 Å². The number of likely N-dealkylation sites (tertiary alicyclic amines) is 1. The van der Waals surface area contributed by atoms with Crippen LogP contribution in [0.15, 0.2) is 54.6 Å². The van der Waals surface area contributed by atoms with Crippen LogP contribution in [-0.4, -0.2) is 54.6 Å². The monoisotopic (exact) mass is 432 g/mol. The Morgan fingerprint density at radius 3 is 2.55 bits per heavy atom. The molecular weight excluding hydrogens is 409 g/mol. The third-order valence-corrected chi connectivity index (χ3v) is 5.55. The minimum absolute atomic E-state index is 0.0684. The molecule has 2 unspecified atom stereocenters. The maximum atomic E-state index is 13.8. The molecule has 2 amide bonds. The Labute approximate surface area is 178 Å². The molecule has 0 radical (unpaired) electrons. The van der Waals surface area contributed by atoms with Crippen LogP contribution in [0.2, 0.25) is 0 Å². The first-order chi connectivity index (χ1) is 14.8. The van der Waals surface area contributed by atoms with Crippen molar-refractivity contribution >= 4 is 28.9 Å². The third-order valence-electron chi connectivity index (χ3n) is 5.55. The zero-order chi connectivity index (χ0) is 22.0. The van der Waals surface area contributed by atoms with E-state index in [0.717, 1.165) is 17.0 Å². The lowest BCUT2D eigenvalue weighted by Gasteiger charge is -2.33. The molecule has 2 N–H and O–H groups in total. The number of alkyl halides is 3. The van der Waals surface area contributed by atoms with Gasteiger partial charge in [0.25, 0.3) is 0 Å². The first kappa shape index (κ1) is 21.2. The first-order valence-corrected chi connectivity index (χ1v) is 10.1. The molecule has 6 nitrogen and oxygen atoms in total. The van der Waals surface area contributed by atoms with Crippen LogP contribution in [0.5, 0.6) is 0 Å². The number of halogens is 3. The number of amides is 2. The summed E-state index contributed by atoms with van der Waals surface area (Å²) in [6.45, 7) is 0.992. The van der Waals surface area contributed by atoms with Crippen LogP contribution in [0.3, 0.4) is 0 Å². The summed E-state index contributed by atoms with van der Waals surface area (Å²) in [5, 5.41) is 5.87. The Morgan fingerprint density at radius 1 is 1.10 bits per heavy atom. The lowest BCUT2D eigenvalue weighted by Crippen LogP contribution is -2.52. The van der Waals surface area contributed by atoms with Crippen molar-refractivity contribution in [3.63, 3.8) is 0 Å². The van der Waals surface area contributed by atoms with Crippen LogP contribution in [0.4, 0.5) is 30.2 Å². The second-order valence-corrected chi connectivity index (χ2v) is 7.82. The molecule has 2 heterocycles. The summed E-state index contributed by atoms with van der Waals surface area (Å²) in [6.07, 6.45) is -4.78. The summed E-state index contributed by atoms with van der Waals surface area (Å²) in [4.78, 5) is 27.8. The number of carbonyl (C=O) groups excluding carboxylic acids is 2. The summed E-state index contributed by atoms with van der Waals surface area (Å²) in [5.74, 6) is -1.44. The molecule has 2 aliphatic heterocycles. The topological polar surface area (TPSA) is 64.7 Å². The minimum atomic E-state index is -4.73. The summed E-state index contributed by atoms with van der Waals surface area (Å²) in [6, 6.07) is 13.6. The Kier molecular flexibility index (Phi) is 5.86. The predicted molar refractivity (Wildman–Crippen MR) is 112 cm³/mol.